The third-order valence-corrected chi connectivity index (χ3v) is 6.40. The third-order valence-electron chi connectivity index (χ3n) is 6.40. The number of aliphatic hydroxyl groups is 1. The zero-order chi connectivity index (χ0) is 20.6. The van der Waals surface area contributed by atoms with Gasteiger partial charge < -0.3 is 33.5 Å². The summed E-state index contributed by atoms with van der Waals surface area (Å²) in [6, 6.07) is 1.89. The normalized spacial score (nSPS) is 28.3. The minimum atomic E-state index is -1.23. The van der Waals surface area contributed by atoms with Crippen molar-refractivity contribution in [1.29, 1.82) is 0 Å². The third kappa shape index (κ3) is 1.99. The molecule has 1 saturated heterocycles. The fourth-order valence-electron chi connectivity index (χ4n) is 5.15. The maximum atomic E-state index is 10.9. The van der Waals surface area contributed by atoms with E-state index in [4.69, 9.17) is 28.4 Å². The van der Waals surface area contributed by atoms with Crippen molar-refractivity contribution in [3.05, 3.63) is 29.6 Å². The van der Waals surface area contributed by atoms with Gasteiger partial charge in [0.25, 0.3) is 0 Å². The summed E-state index contributed by atoms with van der Waals surface area (Å²) in [6.45, 7) is 0. The number of benzene rings is 1. The van der Waals surface area contributed by atoms with E-state index >= 15 is 0 Å². The average molecular weight is 401 g/mol. The minimum Gasteiger partial charge on any atom is -0.492 e. The molecule has 2 aliphatic heterocycles. The second kappa shape index (κ2) is 6.06. The second-order valence-corrected chi connectivity index (χ2v) is 7.39. The summed E-state index contributed by atoms with van der Waals surface area (Å²) in [4.78, 5) is 4.69. The molecule has 3 atom stereocenters. The van der Waals surface area contributed by atoms with E-state index in [9.17, 15) is 5.11 Å². The lowest BCUT2D eigenvalue weighted by atomic mass is 9.84. The summed E-state index contributed by atoms with van der Waals surface area (Å²) in [5, 5.41) is 12.6. The molecular weight excluding hydrogens is 378 g/mol. The van der Waals surface area contributed by atoms with Gasteiger partial charge in [-0.25, -0.2) is 0 Å². The van der Waals surface area contributed by atoms with E-state index in [-0.39, 0.29) is 6.42 Å². The number of pyridine rings is 1. The number of methoxy groups -OCH3 is 5. The first-order chi connectivity index (χ1) is 14.0. The minimum absolute atomic E-state index is 0.241. The first-order valence-corrected chi connectivity index (χ1v) is 9.31. The van der Waals surface area contributed by atoms with Gasteiger partial charge >= 0.3 is 0 Å². The van der Waals surface area contributed by atoms with Crippen molar-refractivity contribution in [2.75, 3.05) is 35.5 Å². The highest BCUT2D eigenvalue weighted by Gasteiger charge is 2.65. The molecule has 1 spiro atoms. The van der Waals surface area contributed by atoms with Crippen LogP contribution in [0.25, 0.3) is 16.3 Å². The van der Waals surface area contributed by atoms with Gasteiger partial charge in [0.05, 0.1) is 27.0 Å². The molecular formula is C21H23NO7. The monoisotopic (exact) mass is 401 g/mol. The van der Waals surface area contributed by atoms with Crippen LogP contribution in [0.3, 0.4) is 0 Å². The van der Waals surface area contributed by atoms with Crippen molar-refractivity contribution in [2.45, 2.75) is 30.0 Å². The first kappa shape index (κ1) is 18.6. The van der Waals surface area contributed by atoms with Crippen LogP contribution in [0.15, 0.2) is 18.3 Å². The summed E-state index contributed by atoms with van der Waals surface area (Å²) < 4.78 is 34.8. The predicted molar refractivity (Wildman–Crippen MR) is 103 cm³/mol. The molecule has 1 aromatic heterocycles. The number of aliphatic hydroxyl groups excluding tert-OH is 1. The Balaban J connectivity index is 1.88. The van der Waals surface area contributed by atoms with E-state index in [1.165, 1.54) is 14.2 Å². The number of ether oxygens (including phenoxy) is 6. The molecule has 8 nitrogen and oxygen atoms in total. The summed E-state index contributed by atoms with van der Waals surface area (Å²) in [5.74, 6) is 0.384. The molecule has 29 heavy (non-hydrogen) atoms. The highest BCUT2D eigenvalue weighted by molar-refractivity contribution is 6.10. The molecule has 0 radical (unpaired) electrons. The molecule has 0 amide bonds. The Hall–Kier alpha value is -2.39. The van der Waals surface area contributed by atoms with Crippen LogP contribution < -0.4 is 14.2 Å². The van der Waals surface area contributed by atoms with Crippen LogP contribution in [0.5, 0.6) is 17.2 Å². The van der Waals surface area contributed by atoms with Crippen molar-refractivity contribution in [3.63, 3.8) is 0 Å². The van der Waals surface area contributed by atoms with Gasteiger partial charge in [0.2, 0.25) is 5.75 Å². The van der Waals surface area contributed by atoms with Gasteiger partial charge in [-0.2, -0.15) is 0 Å². The van der Waals surface area contributed by atoms with E-state index < -0.39 is 23.6 Å². The highest BCUT2D eigenvalue weighted by Crippen LogP contribution is 2.65. The number of aromatic nitrogens is 1. The SMILES string of the molecule is COc1c(OC)c2c3c(nccc3c1OC)[C@@]13CC(OC)(OC)[C@@H](O)[C@@H](C=C21)O3. The van der Waals surface area contributed by atoms with Gasteiger partial charge in [-0.1, -0.05) is 0 Å². The summed E-state index contributed by atoms with van der Waals surface area (Å²) in [7, 11) is 7.81. The first-order valence-electron chi connectivity index (χ1n) is 9.31. The maximum absolute atomic E-state index is 10.9. The number of hydrogen-bond donors (Lipinski definition) is 1. The molecule has 1 N–H and O–H groups in total. The van der Waals surface area contributed by atoms with E-state index in [0.717, 1.165) is 27.6 Å². The van der Waals surface area contributed by atoms with Gasteiger partial charge in [-0.05, 0) is 12.1 Å². The van der Waals surface area contributed by atoms with Gasteiger partial charge in [0, 0.05) is 48.7 Å². The number of hydrogen-bond acceptors (Lipinski definition) is 8. The summed E-state index contributed by atoms with van der Waals surface area (Å²) in [6.07, 6.45) is 2.27. The fraction of sp³-hybridized carbons (Fsp3) is 0.476. The Kier molecular flexibility index (Phi) is 3.89. The molecule has 154 valence electrons. The molecule has 1 aromatic carbocycles. The second-order valence-electron chi connectivity index (χ2n) is 7.39. The Labute approximate surface area is 167 Å². The molecule has 3 aliphatic rings. The van der Waals surface area contributed by atoms with Gasteiger partial charge in [0.15, 0.2) is 17.3 Å². The molecule has 2 bridgehead atoms. The van der Waals surface area contributed by atoms with Gasteiger partial charge in [-0.15, -0.1) is 0 Å². The molecule has 2 aromatic rings. The lowest BCUT2D eigenvalue weighted by Crippen LogP contribution is -2.59. The van der Waals surface area contributed by atoms with E-state index in [1.54, 1.807) is 27.5 Å². The molecule has 3 heterocycles. The van der Waals surface area contributed by atoms with Crippen LogP contribution in [0.4, 0.5) is 0 Å². The summed E-state index contributed by atoms with van der Waals surface area (Å²) in [5.41, 5.74) is 1.50. The number of rotatable bonds is 5. The molecule has 1 aliphatic carbocycles. The zero-order valence-electron chi connectivity index (χ0n) is 16.9. The zero-order valence-corrected chi connectivity index (χ0v) is 16.9. The average Bonchev–Trinajstić information content (AvgIpc) is 3.21. The highest BCUT2D eigenvalue weighted by atomic mass is 16.7. The van der Waals surface area contributed by atoms with Crippen LogP contribution in [0, 0.1) is 0 Å². The van der Waals surface area contributed by atoms with E-state index in [2.05, 4.69) is 4.98 Å². The molecule has 0 unspecified atom stereocenters. The van der Waals surface area contributed by atoms with Crippen molar-refractivity contribution < 1.29 is 33.5 Å². The molecule has 0 saturated carbocycles. The lowest BCUT2D eigenvalue weighted by molar-refractivity contribution is -0.326. The quantitative estimate of drug-likeness (QED) is 0.762. The van der Waals surface area contributed by atoms with Crippen LogP contribution >= 0.6 is 0 Å². The molecule has 5 rings (SSSR count). The van der Waals surface area contributed by atoms with E-state index in [1.807, 2.05) is 12.1 Å². The van der Waals surface area contributed by atoms with Crippen LogP contribution in [-0.4, -0.2) is 63.6 Å². The van der Waals surface area contributed by atoms with Crippen molar-refractivity contribution >= 4 is 16.3 Å². The fourth-order valence-corrected chi connectivity index (χ4v) is 5.15. The van der Waals surface area contributed by atoms with Crippen LogP contribution in [-0.2, 0) is 19.8 Å². The number of fused-ring (bicyclic) bond motifs is 2. The van der Waals surface area contributed by atoms with Gasteiger partial charge in [0.1, 0.15) is 17.8 Å². The maximum Gasteiger partial charge on any atom is 0.204 e. The van der Waals surface area contributed by atoms with Gasteiger partial charge in [-0.3, -0.25) is 4.98 Å². The molecule has 8 heteroatoms. The predicted octanol–water partition coefficient (Wildman–Crippen LogP) is 2.01. The van der Waals surface area contributed by atoms with Crippen molar-refractivity contribution in [3.8, 4) is 17.2 Å². The number of nitrogens with zero attached hydrogens (tertiary/aromatic N) is 1. The van der Waals surface area contributed by atoms with E-state index in [0.29, 0.717) is 17.2 Å². The van der Waals surface area contributed by atoms with Crippen molar-refractivity contribution in [1.82, 2.24) is 4.98 Å². The van der Waals surface area contributed by atoms with Crippen LogP contribution in [0.2, 0.25) is 0 Å². The summed E-state index contributed by atoms with van der Waals surface area (Å²) >= 11 is 0. The molecule has 1 fully saturated rings. The topological polar surface area (TPSA) is 88.5 Å². The Morgan fingerprint density at radius 1 is 1.03 bits per heavy atom. The van der Waals surface area contributed by atoms with Crippen molar-refractivity contribution in [2.24, 2.45) is 0 Å². The largest absolute Gasteiger partial charge is 0.492 e. The smallest absolute Gasteiger partial charge is 0.204 e. The van der Waals surface area contributed by atoms with Crippen LogP contribution in [0.1, 0.15) is 17.7 Å². The standard InChI is InChI=1S/C21H23NO7/c1-24-15-10-6-7-22-18-13(10)14(16(25-2)17(15)26-3)11-8-12-19(23)21(27-4,28-5)9-20(11,18)29-12/h6-8,12,19,23H,9H2,1-5H3/t12-,19+,20-/m1/s1. The Morgan fingerprint density at radius 3 is 2.34 bits per heavy atom. The Bertz CT molecular complexity index is 1050. The Morgan fingerprint density at radius 2 is 1.72 bits per heavy atom. The lowest BCUT2D eigenvalue weighted by Gasteiger charge is -2.47.